The molecule has 4 rings (SSSR count). The number of ether oxygens (including phenoxy) is 2. The summed E-state index contributed by atoms with van der Waals surface area (Å²) in [5, 5.41) is 8.46. The molecule has 3 amide bonds. The molecule has 0 aliphatic rings. The maximum Gasteiger partial charge on any atom is 0.255 e. The van der Waals surface area contributed by atoms with E-state index in [1.54, 1.807) is 60.7 Å². The average Bonchev–Trinajstić information content (AvgIpc) is 2.94. The molecule has 0 aliphatic carbocycles. The molecule has 0 aliphatic heterocycles. The third-order valence-electron chi connectivity index (χ3n) is 5.69. The molecular weight excluding hydrogens is 482 g/mol. The summed E-state index contributed by atoms with van der Waals surface area (Å²) < 4.78 is 10.9. The molecule has 0 saturated carbocycles. The van der Waals surface area contributed by atoms with E-state index in [0.29, 0.717) is 39.7 Å². The number of rotatable bonds is 9. The molecule has 0 saturated heterocycles. The summed E-state index contributed by atoms with van der Waals surface area (Å²) in [6.07, 6.45) is 0.256. The van der Waals surface area contributed by atoms with Gasteiger partial charge in [0.1, 0.15) is 11.5 Å². The van der Waals surface area contributed by atoms with Gasteiger partial charge in [-0.3, -0.25) is 14.4 Å². The zero-order chi connectivity index (χ0) is 26.9. The van der Waals surface area contributed by atoms with Crippen molar-refractivity contribution in [3.8, 4) is 11.5 Å². The van der Waals surface area contributed by atoms with E-state index < -0.39 is 0 Å². The van der Waals surface area contributed by atoms with Crippen molar-refractivity contribution in [1.82, 2.24) is 0 Å². The number of amides is 3. The van der Waals surface area contributed by atoms with Gasteiger partial charge in [-0.2, -0.15) is 0 Å². The molecule has 3 N–H and O–H groups in total. The zero-order valence-corrected chi connectivity index (χ0v) is 21.0. The molecule has 0 radical (unpaired) electrons. The van der Waals surface area contributed by atoms with Crippen LogP contribution < -0.4 is 25.4 Å². The van der Waals surface area contributed by atoms with E-state index in [1.165, 1.54) is 14.2 Å². The lowest BCUT2D eigenvalue weighted by atomic mass is 10.1. The van der Waals surface area contributed by atoms with Gasteiger partial charge in [0.2, 0.25) is 5.91 Å². The molecule has 0 spiro atoms. The van der Waals surface area contributed by atoms with Crippen molar-refractivity contribution in [3.05, 3.63) is 114 Å². The zero-order valence-electron chi connectivity index (χ0n) is 21.0. The number of anilines is 3. The van der Waals surface area contributed by atoms with Crippen LogP contribution in [0.5, 0.6) is 11.5 Å². The lowest BCUT2D eigenvalue weighted by molar-refractivity contribution is -0.115. The number of nitrogens with one attached hydrogen (secondary N) is 3. The summed E-state index contributed by atoms with van der Waals surface area (Å²) in [6, 6.07) is 27.9. The van der Waals surface area contributed by atoms with E-state index in [9.17, 15) is 14.4 Å². The van der Waals surface area contributed by atoms with Crippen LogP contribution in [0.4, 0.5) is 17.1 Å². The number of methoxy groups -OCH3 is 2. The quantitative estimate of drug-likeness (QED) is 0.281. The lowest BCUT2D eigenvalue weighted by Crippen LogP contribution is -2.16. The smallest absolute Gasteiger partial charge is 0.255 e. The molecule has 8 heteroatoms. The van der Waals surface area contributed by atoms with Crippen LogP contribution in [0.15, 0.2) is 97.1 Å². The molecule has 0 aromatic heterocycles. The number of benzene rings is 4. The number of carbonyl (C=O) groups is 3. The highest BCUT2D eigenvalue weighted by atomic mass is 16.5. The maximum atomic E-state index is 12.9. The van der Waals surface area contributed by atoms with Crippen LogP contribution in [0.1, 0.15) is 26.3 Å². The standard InChI is InChI=1S/C30H27N3O5/c1-37-26-19-25(27(38-2)18-24(26)32-29(35)21-11-7-4-8-12-21)33-30(36)22-13-15-23(16-14-22)31-28(34)17-20-9-5-3-6-10-20/h3-16,18-19H,17H2,1-2H3,(H,31,34)(H,32,35)(H,33,36). The molecule has 4 aromatic rings. The minimum atomic E-state index is -0.381. The monoisotopic (exact) mass is 509 g/mol. The molecule has 192 valence electrons. The van der Waals surface area contributed by atoms with Gasteiger partial charge in [-0.15, -0.1) is 0 Å². The Morgan fingerprint density at radius 3 is 1.58 bits per heavy atom. The van der Waals surface area contributed by atoms with E-state index >= 15 is 0 Å². The Hall–Kier alpha value is -5.11. The van der Waals surface area contributed by atoms with Crippen molar-refractivity contribution in [2.24, 2.45) is 0 Å². The fraction of sp³-hybridized carbons (Fsp3) is 0.100. The summed E-state index contributed by atoms with van der Waals surface area (Å²) in [7, 11) is 2.93. The summed E-state index contributed by atoms with van der Waals surface area (Å²) in [6.45, 7) is 0. The first-order valence-electron chi connectivity index (χ1n) is 11.8. The fourth-order valence-corrected chi connectivity index (χ4v) is 3.76. The second-order valence-electron chi connectivity index (χ2n) is 8.31. The third-order valence-corrected chi connectivity index (χ3v) is 5.69. The summed E-state index contributed by atoms with van der Waals surface area (Å²) in [5.41, 5.74) is 3.13. The van der Waals surface area contributed by atoms with Gasteiger partial charge in [0, 0.05) is 28.9 Å². The van der Waals surface area contributed by atoms with Crippen LogP contribution >= 0.6 is 0 Å². The van der Waals surface area contributed by atoms with Crippen molar-refractivity contribution < 1.29 is 23.9 Å². The van der Waals surface area contributed by atoms with Gasteiger partial charge in [-0.25, -0.2) is 0 Å². The molecule has 8 nitrogen and oxygen atoms in total. The Bertz CT molecular complexity index is 1420. The van der Waals surface area contributed by atoms with Gasteiger partial charge in [-0.05, 0) is 42.0 Å². The van der Waals surface area contributed by atoms with Crippen LogP contribution in [-0.2, 0) is 11.2 Å². The molecule has 0 fully saturated rings. The Labute approximate surface area is 220 Å². The number of hydrogen-bond donors (Lipinski definition) is 3. The van der Waals surface area contributed by atoms with Crippen molar-refractivity contribution in [2.75, 3.05) is 30.2 Å². The van der Waals surface area contributed by atoms with E-state index in [0.717, 1.165) is 5.56 Å². The first kappa shape index (κ1) is 26.0. The highest BCUT2D eigenvalue weighted by Crippen LogP contribution is 2.37. The van der Waals surface area contributed by atoms with E-state index in [-0.39, 0.29) is 24.1 Å². The Morgan fingerprint density at radius 1 is 0.605 bits per heavy atom. The van der Waals surface area contributed by atoms with E-state index in [2.05, 4.69) is 16.0 Å². The molecule has 0 bridgehead atoms. The topological polar surface area (TPSA) is 106 Å². The van der Waals surface area contributed by atoms with Crippen molar-refractivity contribution in [2.45, 2.75) is 6.42 Å². The molecule has 4 aromatic carbocycles. The first-order chi connectivity index (χ1) is 18.5. The second-order valence-corrected chi connectivity index (χ2v) is 8.31. The minimum Gasteiger partial charge on any atom is -0.494 e. The van der Waals surface area contributed by atoms with Crippen molar-refractivity contribution in [1.29, 1.82) is 0 Å². The van der Waals surface area contributed by atoms with Crippen molar-refractivity contribution in [3.63, 3.8) is 0 Å². The van der Waals surface area contributed by atoms with Crippen LogP contribution in [0.2, 0.25) is 0 Å². The highest BCUT2D eigenvalue weighted by molar-refractivity contribution is 6.07. The summed E-state index contributed by atoms with van der Waals surface area (Å²) in [5.74, 6) is -0.147. The predicted octanol–water partition coefficient (Wildman–Crippen LogP) is 5.39. The summed E-state index contributed by atoms with van der Waals surface area (Å²) >= 11 is 0. The Balaban J connectivity index is 1.44. The molecule has 0 heterocycles. The van der Waals surface area contributed by atoms with Crippen LogP contribution in [0.3, 0.4) is 0 Å². The number of hydrogen-bond acceptors (Lipinski definition) is 5. The van der Waals surface area contributed by atoms with E-state index in [1.807, 2.05) is 36.4 Å². The van der Waals surface area contributed by atoms with Gasteiger partial charge in [0.25, 0.3) is 11.8 Å². The average molecular weight is 510 g/mol. The Morgan fingerprint density at radius 2 is 1.08 bits per heavy atom. The van der Waals surface area contributed by atoms with Crippen LogP contribution in [-0.4, -0.2) is 31.9 Å². The van der Waals surface area contributed by atoms with Gasteiger partial charge >= 0.3 is 0 Å². The van der Waals surface area contributed by atoms with Gasteiger partial charge in [0.15, 0.2) is 0 Å². The highest BCUT2D eigenvalue weighted by Gasteiger charge is 2.17. The largest absolute Gasteiger partial charge is 0.494 e. The molecule has 0 unspecified atom stereocenters. The second kappa shape index (κ2) is 12.2. The van der Waals surface area contributed by atoms with Gasteiger partial charge < -0.3 is 25.4 Å². The van der Waals surface area contributed by atoms with E-state index in [4.69, 9.17) is 9.47 Å². The molecule has 38 heavy (non-hydrogen) atoms. The Kier molecular flexibility index (Phi) is 8.35. The number of carbonyl (C=O) groups excluding carboxylic acids is 3. The predicted molar refractivity (Wildman–Crippen MR) is 147 cm³/mol. The maximum absolute atomic E-state index is 12.9. The van der Waals surface area contributed by atoms with Gasteiger partial charge in [-0.1, -0.05) is 48.5 Å². The SMILES string of the molecule is COc1cc(NC(=O)c2ccc(NC(=O)Cc3ccccc3)cc2)c(OC)cc1NC(=O)c1ccccc1. The van der Waals surface area contributed by atoms with Crippen LogP contribution in [0, 0.1) is 0 Å². The lowest BCUT2D eigenvalue weighted by Gasteiger charge is -2.16. The summed E-state index contributed by atoms with van der Waals surface area (Å²) in [4.78, 5) is 37.9. The normalized spacial score (nSPS) is 10.3. The fourth-order valence-electron chi connectivity index (χ4n) is 3.76. The first-order valence-corrected chi connectivity index (χ1v) is 11.8. The molecular formula is C30H27N3O5. The molecule has 0 atom stereocenters. The third kappa shape index (κ3) is 6.55. The van der Waals surface area contributed by atoms with Crippen LogP contribution in [0.25, 0.3) is 0 Å². The minimum absolute atomic E-state index is 0.148. The van der Waals surface area contributed by atoms with Gasteiger partial charge in [0.05, 0.1) is 32.0 Å². The van der Waals surface area contributed by atoms with Crippen molar-refractivity contribution >= 4 is 34.8 Å².